The van der Waals surface area contributed by atoms with Crippen molar-refractivity contribution in [3.63, 3.8) is 0 Å². The molecule has 0 saturated heterocycles. The van der Waals surface area contributed by atoms with Crippen LogP contribution in [0.3, 0.4) is 0 Å². The molecule has 2 aromatic rings. The maximum atomic E-state index is 11.7. The fourth-order valence-electron chi connectivity index (χ4n) is 1.22. The molecule has 1 aromatic heterocycles. The Morgan fingerprint density at radius 2 is 2.06 bits per heavy atom. The van der Waals surface area contributed by atoms with E-state index in [1.165, 1.54) is 18.4 Å². The van der Waals surface area contributed by atoms with E-state index in [0.717, 1.165) is 0 Å². The third kappa shape index (κ3) is 2.01. The van der Waals surface area contributed by atoms with Crippen molar-refractivity contribution in [1.29, 1.82) is 0 Å². The van der Waals surface area contributed by atoms with Gasteiger partial charge in [-0.15, -0.1) is 0 Å². The highest BCUT2D eigenvalue weighted by atomic mass is 35.5. The van der Waals surface area contributed by atoms with Crippen molar-refractivity contribution >= 4 is 23.2 Å². The van der Waals surface area contributed by atoms with Gasteiger partial charge in [0, 0.05) is 0 Å². The summed E-state index contributed by atoms with van der Waals surface area (Å²) in [7, 11) is 0. The number of hydrogen-bond donors (Lipinski definition) is 2. The van der Waals surface area contributed by atoms with Crippen molar-refractivity contribution in [3.8, 4) is 5.75 Å². The Bertz CT molecular complexity index is 521. The summed E-state index contributed by atoms with van der Waals surface area (Å²) in [5, 5.41) is 12.0. The second-order valence-electron chi connectivity index (χ2n) is 3.08. The first kappa shape index (κ1) is 10.6. The molecule has 2 rings (SSSR count). The standard InChI is InChI=1S/C11H8ClNO3/c12-10-7(5-6-16-10)11(15)13-8-3-1-2-4-9(8)14/h1-6,14H,(H,13,15). The van der Waals surface area contributed by atoms with Gasteiger partial charge in [0.2, 0.25) is 5.22 Å². The molecule has 0 radical (unpaired) electrons. The number of phenols is 1. The first-order valence-electron chi connectivity index (χ1n) is 4.51. The zero-order chi connectivity index (χ0) is 11.5. The Hall–Kier alpha value is -1.94. The van der Waals surface area contributed by atoms with Gasteiger partial charge in [-0.1, -0.05) is 12.1 Å². The zero-order valence-corrected chi connectivity index (χ0v) is 8.86. The maximum absolute atomic E-state index is 11.7. The fraction of sp³-hybridized carbons (Fsp3) is 0. The van der Waals surface area contributed by atoms with E-state index in [0.29, 0.717) is 5.69 Å². The summed E-state index contributed by atoms with van der Waals surface area (Å²) in [5.41, 5.74) is 0.551. The fourth-order valence-corrected chi connectivity index (χ4v) is 1.42. The van der Waals surface area contributed by atoms with Crippen LogP contribution < -0.4 is 5.32 Å². The summed E-state index contributed by atoms with van der Waals surface area (Å²) < 4.78 is 4.80. The van der Waals surface area contributed by atoms with E-state index < -0.39 is 5.91 Å². The molecule has 16 heavy (non-hydrogen) atoms. The highest BCUT2D eigenvalue weighted by Gasteiger charge is 2.14. The van der Waals surface area contributed by atoms with Crippen molar-refractivity contribution in [2.75, 3.05) is 5.32 Å². The highest BCUT2D eigenvalue weighted by Crippen LogP contribution is 2.24. The number of halogens is 1. The largest absolute Gasteiger partial charge is 0.506 e. The minimum atomic E-state index is -0.430. The Morgan fingerprint density at radius 3 is 2.69 bits per heavy atom. The number of hydrogen-bond acceptors (Lipinski definition) is 3. The van der Waals surface area contributed by atoms with Gasteiger partial charge in [-0.3, -0.25) is 4.79 Å². The molecular weight excluding hydrogens is 230 g/mol. The molecule has 5 heteroatoms. The van der Waals surface area contributed by atoms with Crippen LogP contribution in [0.1, 0.15) is 10.4 Å². The van der Waals surface area contributed by atoms with Crippen molar-refractivity contribution in [2.24, 2.45) is 0 Å². The van der Waals surface area contributed by atoms with Crippen LogP contribution in [0.2, 0.25) is 5.22 Å². The number of phenolic OH excluding ortho intramolecular Hbond substituents is 1. The Morgan fingerprint density at radius 1 is 1.31 bits per heavy atom. The van der Waals surface area contributed by atoms with Gasteiger partial charge < -0.3 is 14.8 Å². The molecule has 0 atom stereocenters. The molecule has 1 heterocycles. The van der Waals surface area contributed by atoms with Gasteiger partial charge in [0.05, 0.1) is 17.5 Å². The smallest absolute Gasteiger partial charge is 0.260 e. The van der Waals surface area contributed by atoms with Gasteiger partial charge in [0.25, 0.3) is 5.91 Å². The summed E-state index contributed by atoms with van der Waals surface area (Å²) in [6, 6.07) is 7.88. The van der Waals surface area contributed by atoms with Crippen LogP contribution in [0.15, 0.2) is 41.0 Å². The van der Waals surface area contributed by atoms with Gasteiger partial charge in [0.1, 0.15) is 5.75 Å². The molecule has 0 bridgehead atoms. The second-order valence-corrected chi connectivity index (χ2v) is 3.42. The lowest BCUT2D eigenvalue weighted by Gasteiger charge is -2.05. The highest BCUT2D eigenvalue weighted by molar-refractivity contribution is 6.32. The number of carbonyl (C=O) groups is 1. The molecule has 4 nitrogen and oxygen atoms in total. The van der Waals surface area contributed by atoms with Crippen molar-refractivity contribution in [1.82, 2.24) is 0 Å². The number of para-hydroxylation sites is 2. The predicted molar refractivity (Wildman–Crippen MR) is 59.8 cm³/mol. The molecule has 0 aliphatic carbocycles. The molecule has 0 unspecified atom stereocenters. The number of anilines is 1. The molecular formula is C11H8ClNO3. The van der Waals surface area contributed by atoms with Crippen molar-refractivity contribution in [2.45, 2.75) is 0 Å². The lowest BCUT2D eigenvalue weighted by atomic mass is 10.2. The third-order valence-corrected chi connectivity index (χ3v) is 2.31. The van der Waals surface area contributed by atoms with E-state index in [4.69, 9.17) is 16.0 Å². The SMILES string of the molecule is O=C(Nc1ccccc1O)c1ccoc1Cl. The Kier molecular flexibility index (Phi) is 2.83. The number of aromatic hydroxyl groups is 1. The number of furan rings is 1. The molecule has 1 aromatic carbocycles. The van der Waals surface area contributed by atoms with Gasteiger partial charge in [0.15, 0.2) is 0 Å². The van der Waals surface area contributed by atoms with Gasteiger partial charge in [-0.25, -0.2) is 0 Å². The summed E-state index contributed by atoms with van der Waals surface area (Å²) in [6.45, 7) is 0. The number of nitrogens with one attached hydrogen (secondary N) is 1. The van der Waals surface area contributed by atoms with Gasteiger partial charge in [-0.2, -0.15) is 0 Å². The second kappa shape index (κ2) is 4.28. The number of carbonyl (C=O) groups excluding carboxylic acids is 1. The summed E-state index contributed by atoms with van der Waals surface area (Å²) in [5.74, 6) is -0.435. The average Bonchev–Trinajstić information content (AvgIpc) is 2.68. The van der Waals surface area contributed by atoms with Crippen LogP contribution >= 0.6 is 11.6 Å². The zero-order valence-electron chi connectivity index (χ0n) is 8.11. The van der Waals surface area contributed by atoms with Crippen LogP contribution in [0.25, 0.3) is 0 Å². The minimum absolute atomic E-state index is 0.00420. The molecule has 0 saturated carbocycles. The summed E-state index contributed by atoms with van der Waals surface area (Å²) >= 11 is 5.65. The Balaban J connectivity index is 2.21. The topological polar surface area (TPSA) is 62.5 Å². The van der Waals surface area contributed by atoms with Crippen molar-refractivity contribution < 1.29 is 14.3 Å². The normalized spacial score (nSPS) is 10.1. The lowest BCUT2D eigenvalue weighted by molar-refractivity contribution is 0.102. The van der Waals surface area contributed by atoms with Crippen LogP contribution in [-0.2, 0) is 0 Å². The van der Waals surface area contributed by atoms with Crippen LogP contribution in [0.5, 0.6) is 5.75 Å². The van der Waals surface area contributed by atoms with Crippen LogP contribution in [-0.4, -0.2) is 11.0 Å². The van der Waals surface area contributed by atoms with E-state index in [2.05, 4.69) is 5.32 Å². The van der Waals surface area contributed by atoms with Gasteiger partial charge in [-0.05, 0) is 29.8 Å². The number of rotatable bonds is 2. The van der Waals surface area contributed by atoms with Gasteiger partial charge >= 0.3 is 0 Å². The molecule has 1 amide bonds. The molecule has 0 fully saturated rings. The maximum Gasteiger partial charge on any atom is 0.260 e. The van der Waals surface area contributed by atoms with Crippen molar-refractivity contribution in [3.05, 3.63) is 47.4 Å². The first-order valence-corrected chi connectivity index (χ1v) is 4.88. The van der Waals surface area contributed by atoms with Crippen LogP contribution in [0.4, 0.5) is 5.69 Å². The number of benzene rings is 1. The average molecular weight is 238 g/mol. The van der Waals surface area contributed by atoms with E-state index in [9.17, 15) is 9.90 Å². The Labute approximate surface area is 96.5 Å². The minimum Gasteiger partial charge on any atom is -0.506 e. The molecule has 0 aliphatic rings. The van der Waals surface area contributed by atoms with E-state index >= 15 is 0 Å². The third-order valence-electron chi connectivity index (χ3n) is 2.01. The predicted octanol–water partition coefficient (Wildman–Crippen LogP) is 2.89. The molecule has 82 valence electrons. The molecule has 2 N–H and O–H groups in total. The quantitative estimate of drug-likeness (QED) is 0.790. The summed E-state index contributed by atoms with van der Waals surface area (Å²) in [4.78, 5) is 11.7. The first-order chi connectivity index (χ1) is 7.68. The van der Waals surface area contributed by atoms with E-state index in [1.807, 2.05) is 0 Å². The van der Waals surface area contributed by atoms with E-state index in [-0.39, 0.29) is 16.5 Å². The number of amides is 1. The lowest BCUT2D eigenvalue weighted by Crippen LogP contribution is -2.11. The molecule has 0 spiro atoms. The van der Waals surface area contributed by atoms with Crippen LogP contribution in [0, 0.1) is 0 Å². The van der Waals surface area contributed by atoms with E-state index in [1.54, 1.807) is 18.2 Å². The molecule has 0 aliphatic heterocycles. The summed E-state index contributed by atoms with van der Waals surface area (Å²) in [6.07, 6.45) is 1.32. The monoisotopic (exact) mass is 237 g/mol.